The fourth-order valence-corrected chi connectivity index (χ4v) is 4.73. The van der Waals surface area contributed by atoms with Gasteiger partial charge in [0.05, 0.1) is 6.61 Å². The highest BCUT2D eigenvalue weighted by atomic mass is 31.2. The number of esters is 2. The van der Waals surface area contributed by atoms with Crippen LogP contribution in [-0.4, -0.2) is 43.3 Å². The summed E-state index contributed by atoms with van der Waals surface area (Å²) in [7, 11) is -3.23. The third kappa shape index (κ3) is 33.2. The second kappa shape index (κ2) is 33.4. The third-order valence-electron chi connectivity index (χ3n) is 6.98. The van der Waals surface area contributed by atoms with E-state index in [9.17, 15) is 19.0 Å². The maximum Gasteiger partial charge on any atom is 0.472 e. The summed E-state index contributed by atoms with van der Waals surface area (Å²) in [6, 6.07) is 0. The molecule has 2 atom stereocenters. The van der Waals surface area contributed by atoms with Gasteiger partial charge >= 0.3 is 19.8 Å². The maximum atomic E-state index is 12.4. The molecule has 0 fully saturated rings. The number of unbranched alkanes of at least 4 members (excludes halogenated alkanes) is 8. The molecule has 0 radical (unpaired) electrons. The van der Waals surface area contributed by atoms with E-state index in [1.165, 1.54) is 38.5 Å². The maximum absolute atomic E-state index is 12.4. The molecular weight excluding hydrogens is 615 g/mol. The highest BCUT2D eigenvalue weighted by Crippen LogP contribution is 2.42. The molecular formula is C38H63O8P. The number of phosphoric ester groups is 1. The van der Waals surface area contributed by atoms with Crippen LogP contribution in [0.2, 0.25) is 0 Å². The van der Waals surface area contributed by atoms with Crippen molar-refractivity contribution < 1.29 is 37.6 Å². The second-order valence-corrected chi connectivity index (χ2v) is 12.8. The Kier molecular flexibility index (Phi) is 31.6. The Bertz CT molecular complexity index is 996. The molecule has 8 nitrogen and oxygen atoms in total. The molecule has 47 heavy (non-hydrogen) atoms. The molecule has 0 saturated carbocycles. The van der Waals surface area contributed by atoms with Crippen LogP contribution in [0.1, 0.15) is 129 Å². The van der Waals surface area contributed by atoms with Crippen molar-refractivity contribution in [3.8, 4) is 0 Å². The summed E-state index contributed by atoms with van der Waals surface area (Å²) < 4.78 is 31.7. The molecule has 0 aliphatic rings. The van der Waals surface area contributed by atoms with Gasteiger partial charge < -0.3 is 14.4 Å². The number of hydrogen-bond donors (Lipinski definition) is 1. The van der Waals surface area contributed by atoms with Crippen molar-refractivity contribution in [2.24, 2.45) is 0 Å². The minimum atomic E-state index is -4.27. The normalized spacial score (nSPS) is 14.4. The van der Waals surface area contributed by atoms with Crippen molar-refractivity contribution in [2.75, 3.05) is 20.3 Å². The van der Waals surface area contributed by atoms with Crippen LogP contribution in [0.15, 0.2) is 72.9 Å². The molecule has 0 spiro atoms. The molecule has 0 heterocycles. The van der Waals surface area contributed by atoms with Crippen LogP contribution in [0.4, 0.5) is 0 Å². The summed E-state index contributed by atoms with van der Waals surface area (Å²) in [5, 5.41) is 0. The van der Waals surface area contributed by atoms with Crippen LogP contribution in [0.5, 0.6) is 0 Å². The van der Waals surface area contributed by atoms with Gasteiger partial charge in [-0.05, 0) is 51.4 Å². The molecule has 0 aromatic carbocycles. The molecule has 0 aromatic rings. The predicted molar refractivity (Wildman–Crippen MR) is 193 cm³/mol. The fourth-order valence-electron chi connectivity index (χ4n) is 4.27. The van der Waals surface area contributed by atoms with Gasteiger partial charge in [0.15, 0.2) is 6.10 Å². The molecule has 2 unspecified atom stereocenters. The van der Waals surface area contributed by atoms with Crippen molar-refractivity contribution in [2.45, 2.75) is 136 Å². The SMILES string of the molecule is CC/C=C\C/C=C\C/C=C\C/C=C\C/C=C\C/C=C\CCC(=O)OC(COC(=O)CCCCCCCCCCC)COP(=O)(O)OC. The van der Waals surface area contributed by atoms with Gasteiger partial charge in [-0.3, -0.25) is 18.6 Å². The Hall–Kier alpha value is -2.51. The first kappa shape index (κ1) is 44.5. The van der Waals surface area contributed by atoms with E-state index in [0.717, 1.165) is 64.9 Å². The van der Waals surface area contributed by atoms with Gasteiger partial charge in [0.25, 0.3) is 0 Å². The molecule has 0 aliphatic heterocycles. The minimum absolute atomic E-state index is 0.117. The van der Waals surface area contributed by atoms with Crippen molar-refractivity contribution in [1.29, 1.82) is 0 Å². The molecule has 0 saturated heterocycles. The number of carbonyl (C=O) groups excluding carboxylic acids is 2. The van der Waals surface area contributed by atoms with Crippen molar-refractivity contribution in [3.05, 3.63) is 72.9 Å². The molecule has 0 bridgehead atoms. The Labute approximate surface area is 285 Å². The van der Waals surface area contributed by atoms with Crippen LogP contribution >= 0.6 is 7.82 Å². The first-order valence-corrected chi connectivity index (χ1v) is 19.1. The summed E-state index contributed by atoms with van der Waals surface area (Å²) in [4.78, 5) is 34.1. The number of hydrogen-bond acceptors (Lipinski definition) is 7. The molecule has 268 valence electrons. The van der Waals surface area contributed by atoms with E-state index < -0.39 is 32.5 Å². The van der Waals surface area contributed by atoms with Gasteiger partial charge in [-0.2, -0.15) is 0 Å². The summed E-state index contributed by atoms with van der Waals surface area (Å²) in [5.74, 6) is -0.913. The summed E-state index contributed by atoms with van der Waals surface area (Å²) in [6.45, 7) is 3.65. The highest BCUT2D eigenvalue weighted by molar-refractivity contribution is 7.47. The molecule has 1 N–H and O–H groups in total. The fraction of sp³-hybridized carbons (Fsp3) is 0.632. The van der Waals surface area contributed by atoms with E-state index in [1.807, 2.05) is 12.2 Å². The zero-order chi connectivity index (χ0) is 34.7. The Morgan fingerprint density at radius 3 is 1.57 bits per heavy atom. The smallest absolute Gasteiger partial charge is 0.462 e. The van der Waals surface area contributed by atoms with Gasteiger partial charge in [-0.15, -0.1) is 0 Å². The van der Waals surface area contributed by atoms with E-state index in [1.54, 1.807) is 0 Å². The molecule has 0 amide bonds. The van der Waals surface area contributed by atoms with Gasteiger partial charge in [0.1, 0.15) is 6.61 Å². The lowest BCUT2D eigenvalue weighted by atomic mass is 10.1. The topological polar surface area (TPSA) is 108 Å². The van der Waals surface area contributed by atoms with Gasteiger partial charge in [0.2, 0.25) is 0 Å². The van der Waals surface area contributed by atoms with Gasteiger partial charge in [-0.1, -0.05) is 138 Å². The first-order valence-electron chi connectivity index (χ1n) is 17.6. The van der Waals surface area contributed by atoms with Crippen LogP contribution in [-0.2, 0) is 32.7 Å². The number of allylic oxidation sites excluding steroid dienone is 12. The Morgan fingerprint density at radius 2 is 1.09 bits per heavy atom. The number of phosphoric acid groups is 1. The van der Waals surface area contributed by atoms with Crippen LogP contribution < -0.4 is 0 Å². The summed E-state index contributed by atoms with van der Waals surface area (Å²) in [6.07, 6.45) is 41.2. The van der Waals surface area contributed by atoms with Gasteiger partial charge in [0, 0.05) is 20.0 Å². The average Bonchev–Trinajstić information content (AvgIpc) is 3.06. The molecule has 0 aromatic heterocycles. The second-order valence-electron chi connectivity index (χ2n) is 11.3. The minimum Gasteiger partial charge on any atom is -0.462 e. The monoisotopic (exact) mass is 678 g/mol. The predicted octanol–water partition coefficient (Wildman–Crippen LogP) is 10.6. The number of ether oxygens (including phenoxy) is 2. The zero-order valence-corrected chi connectivity index (χ0v) is 30.3. The standard InChI is InChI=1S/C38H63O8P/c1-4-6-8-10-12-14-15-16-17-18-19-20-21-22-23-25-27-29-31-33-38(40)46-36(35-45-47(41,42)43-3)34-44-37(39)32-30-28-26-24-13-11-9-7-5-2/h6,8,12,14,16-17,19-20,22-23,27,29,36H,4-5,7,9-11,13,15,18,21,24-26,28,30-35H2,1-3H3,(H,41,42)/b8-6-,14-12-,17-16-,20-19-,23-22-,29-27-. The molecule has 9 heteroatoms. The largest absolute Gasteiger partial charge is 0.472 e. The van der Waals surface area contributed by atoms with E-state index in [4.69, 9.17) is 14.0 Å². The van der Waals surface area contributed by atoms with Crippen LogP contribution in [0.25, 0.3) is 0 Å². The lowest BCUT2D eigenvalue weighted by Crippen LogP contribution is -2.29. The average molecular weight is 679 g/mol. The van der Waals surface area contributed by atoms with E-state index >= 15 is 0 Å². The summed E-state index contributed by atoms with van der Waals surface area (Å²) in [5.41, 5.74) is 0. The zero-order valence-electron chi connectivity index (χ0n) is 29.4. The number of carbonyl (C=O) groups is 2. The number of rotatable bonds is 31. The lowest BCUT2D eigenvalue weighted by Gasteiger charge is -2.19. The van der Waals surface area contributed by atoms with E-state index in [0.29, 0.717) is 6.42 Å². The van der Waals surface area contributed by atoms with Crippen molar-refractivity contribution in [3.63, 3.8) is 0 Å². The van der Waals surface area contributed by atoms with E-state index in [2.05, 4.69) is 79.1 Å². The highest BCUT2D eigenvalue weighted by Gasteiger charge is 2.24. The molecule has 0 aliphatic carbocycles. The van der Waals surface area contributed by atoms with Crippen molar-refractivity contribution >= 4 is 19.8 Å². The first-order chi connectivity index (χ1) is 22.8. The van der Waals surface area contributed by atoms with E-state index in [-0.39, 0.29) is 19.4 Å². The Balaban J connectivity index is 4.25. The van der Waals surface area contributed by atoms with Crippen molar-refractivity contribution in [1.82, 2.24) is 0 Å². The van der Waals surface area contributed by atoms with Crippen LogP contribution in [0.3, 0.4) is 0 Å². The molecule has 0 rings (SSSR count). The Morgan fingerprint density at radius 1 is 0.617 bits per heavy atom. The third-order valence-corrected chi connectivity index (χ3v) is 7.92. The lowest BCUT2D eigenvalue weighted by molar-refractivity contribution is -0.161. The van der Waals surface area contributed by atoms with Crippen LogP contribution in [0, 0.1) is 0 Å². The quantitative estimate of drug-likeness (QED) is 0.0334. The summed E-state index contributed by atoms with van der Waals surface area (Å²) >= 11 is 0. The van der Waals surface area contributed by atoms with Gasteiger partial charge in [-0.25, -0.2) is 4.57 Å².